The Morgan fingerprint density at radius 3 is 2.84 bits per heavy atom. The molecule has 0 radical (unpaired) electrons. The zero-order chi connectivity index (χ0) is 17.8. The van der Waals surface area contributed by atoms with Gasteiger partial charge in [-0.05, 0) is 25.1 Å². The summed E-state index contributed by atoms with van der Waals surface area (Å²) in [5.74, 6) is 0.623. The molecule has 0 fully saturated rings. The fourth-order valence-corrected chi connectivity index (χ4v) is 2.80. The average Bonchev–Trinajstić information content (AvgIpc) is 3.15. The van der Waals surface area contributed by atoms with Crippen molar-refractivity contribution >= 4 is 16.8 Å². The zero-order valence-corrected chi connectivity index (χ0v) is 14.1. The largest absolute Gasteiger partial charge is 0.494 e. The van der Waals surface area contributed by atoms with Crippen molar-refractivity contribution in [2.24, 2.45) is 0 Å². The first-order valence-corrected chi connectivity index (χ1v) is 8.04. The minimum Gasteiger partial charge on any atom is -0.494 e. The monoisotopic (exact) mass is 340 g/mol. The minimum atomic E-state index is -0.777. The molecule has 0 aliphatic rings. The number of aliphatic hydroxyl groups excluding tert-OH is 1. The number of methoxy groups -OCH3 is 1. The van der Waals surface area contributed by atoms with Crippen LogP contribution >= 0.6 is 0 Å². The topological polar surface area (TPSA) is 84.6 Å². The van der Waals surface area contributed by atoms with Gasteiger partial charge in [-0.1, -0.05) is 18.2 Å². The molecule has 1 aromatic carbocycles. The molecule has 0 bridgehead atoms. The third-order valence-electron chi connectivity index (χ3n) is 4.01. The van der Waals surface area contributed by atoms with E-state index in [0.717, 1.165) is 10.9 Å². The molecule has 0 saturated carbocycles. The normalized spacial score (nSPS) is 13.4. The van der Waals surface area contributed by atoms with E-state index in [1.54, 1.807) is 18.3 Å². The van der Waals surface area contributed by atoms with Gasteiger partial charge in [0.1, 0.15) is 11.9 Å². The van der Waals surface area contributed by atoms with Gasteiger partial charge < -0.3 is 19.6 Å². The fraction of sp³-hybridized carbons (Fsp3) is 0.263. The van der Waals surface area contributed by atoms with E-state index in [4.69, 9.17) is 9.15 Å². The molecular formula is C19H20N2O4. The van der Waals surface area contributed by atoms with Gasteiger partial charge in [0.25, 0.3) is 5.91 Å². The second-order valence-corrected chi connectivity index (χ2v) is 5.86. The Balaban J connectivity index is 1.80. The Kier molecular flexibility index (Phi) is 5.00. The van der Waals surface area contributed by atoms with Crippen LogP contribution in [0.15, 0.2) is 53.3 Å². The van der Waals surface area contributed by atoms with Gasteiger partial charge in [-0.2, -0.15) is 0 Å². The van der Waals surface area contributed by atoms with Crippen LogP contribution in [0.3, 0.4) is 0 Å². The van der Waals surface area contributed by atoms with Crippen LogP contribution in [-0.4, -0.2) is 29.1 Å². The summed E-state index contributed by atoms with van der Waals surface area (Å²) in [5, 5.41) is 13.8. The van der Waals surface area contributed by atoms with Gasteiger partial charge in [0.05, 0.1) is 30.6 Å². The van der Waals surface area contributed by atoms with Crippen molar-refractivity contribution in [2.45, 2.75) is 25.5 Å². The highest BCUT2D eigenvalue weighted by Gasteiger charge is 2.21. The standard InChI is InChI=1S/C19H20N2O4/c1-12(10-15(22)16-8-5-9-25-16)21-19(23)18-13-6-3-4-7-14(13)20-11-17(18)24-2/h3-9,11-12,15,22H,10H2,1-2H3,(H,21,23)/t12-,15-/m1/s1. The van der Waals surface area contributed by atoms with Gasteiger partial charge in [0.2, 0.25) is 0 Å². The number of pyridine rings is 1. The maximum absolute atomic E-state index is 12.8. The predicted molar refractivity (Wildman–Crippen MR) is 93.5 cm³/mol. The first-order valence-electron chi connectivity index (χ1n) is 8.04. The van der Waals surface area contributed by atoms with Crippen LogP contribution < -0.4 is 10.1 Å². The lowest BCUT2D eigenvalue weighted by Gasteiger charge is -2.18. The molecule has 0 aliphatic heterocycles. The maximum atomic E-state index is 12.8. The molecule has 3 aromatic rings. The molecule has 2 heterocycles. The van der Waals surface area contributed by atoms with Gasteiger partial charge in [-0.3, -0.25) is 9.78 Å². The van der Waals surface area contributed by atoms with Crippen LogP contribution in [0.5, 0.6) is 5.75 Å². The van der Waals surface area contributed by atoms with Crippen molar-refractivity contribution in [1.82, 2.24) is 10.3 Å². The van der Waals surface area contributed by atoms with E-state index in [0.29, 0.717) is 23.5 Å². The summed E-state index contributed by atoms with van der Waals surface area (Å²) in [6, 6.07) is 10.6. The van der Waals surface area contributed by atoms with Gasteiger partial charge >= 0.3 is 0 Å². The van der Waals surface area contributed by atoms with E-state index in [1.807, 2.05) is 31.2 Å². The number of para-hydroxylation sites is 1. The third-order valence-corrected chi connectivity index (χ3v) is 4.01. The Morgan fingerprint density at radius 2 is 2.12 bits per heavy atom. The molecule has 2 atom stereocenters. The van der Waals surface area contributed by atoms with Crippen molar-refractivity contribution < 1.29 is 19.1 Å². The lowest BCUT2D eigenvalue weighted by molar-refractivity contribution is 0.0902. The van der Waals surface area contributed by atoms with Crippen LogP contribution in [0.4, 0.5) is 0 Å². The molecular weight excluding hydrogens is 320 g/mol. The second-order valence-electron chi connectivity index (χ2n) is 5.86. The number of ether oxygens (including phenoxy) is 1. The number of hydrogen-bond acceptors (Lipinski definition) is 5. The molecule has 25 heavy (non-hydrogen) atoms. The van der Waals surface area contributed by atoms with Gasteiger partial charge in [-0.25, -0.2) is 0 Å². The molecule has 6 heteroatoms. The highest BCUT2D eigenvalue weighted by Crippen LogP contribution is 2.26. The van der Waals surface area contributed by atoms with Crippen LogP contribution in [0.25, 0.3) is 10.9 Å². The Hall–Kier alpha value is -2.86. The van der Waals surface area contributed by atoms with Crippen molar-refractivity contribution in [3.05, 3.63) is 60.2 Å². The lowest BCUT2D eigenvalue weighted by Crippen LogP contribution is -2.34. The summed E-state index contributed by atoms with van der Waals surface area (Å²) < 4.78 is 10.5. The van der Waals surface area contributed by atoms with Crippen LogP contribution in [0, 0.1) is 0 Å². The number of hydrogen-bond donors (Lipinski definition) is 2. The number of benzene rings is 1. The number of aromatic nitrogens is 1. The smallest absolute Gasteiger partial charge is 0.256 e. The van der Waals surface area contributed by atoms with Gasteiger partial charge in [0, 0.05) is 17.8 Å². The number of rotatable bonds is 6. The van der Waals surface area contributed by atoms with Crippen LogP contribution in [0.1, 0.15) is 35.6 Å². The number of aliphatic hydroxyl groups is 1. The molecule has 2 aromatic heterocycles. The van der Waals surface area contributed by atoms with E-state index in [9.17, 15) is 9.90 Å². The molecule has 0 aliphatic carbocycles. The quantitative estimate of drug-likeness (QED) is 0.720. The molecule has 0 spiro atoms. The van der Waals surface area contributed by atoms with Crippen molar-refractivity contribution in [3.63, 3.8) is 0 Å². The number of carbonyl (C=O) groups is 1. The van der Waals surface area contributed by atoms with E-state index in [1.165, 1.54) is 13.4 Å². The number of furan rings is 1. The van der Waals surface area contributed by atoms with Crippen molar-refractivity contribution in [1.29, 1.82) is 0 Å². The van der Waals surface area contributed by atoms with Gasteiger partial charge in [0.15, 0.2) is 5.75 Å². The molecule has 0 unspecified atom stereocenters. The number of nitrogens with one attached hydrogen (secondary N) is 1. The molecule has 3 rings (SSSR count). The maximum Gasteiger partial charge on any atom is 0.256 e. The average molecular weight is 340 g/mol. The molecule has 6 nitrogen and oxygen atoms in total. The highest BCUT2D eigenvalue weighted by molar-refractivity contribution is 6.08. The van der Waals surface area contributed by atoms with E-state index in [2.05, 4.69) is 10.3 Å². The Bertz CT molecular complexity index is 861. The summed E-state index contributed by atoms with van der Waals surface area (Å²) in [6.07, 6.45) is 2.61. The molecule has 1 amide bonds. The molecule has 130 valence electrons. The Morgan fingerprint density at radius 1 is 1.32 bits per heavy atom. The second kappa shape index (κ2) is 7.36. The number of carbonyl (C=O) groups excluding carboxylic acids is 1. The number of amides is 1. The number of nitrogens with zero attached hydrogens (tertiary/aromatic N) is 1. The number of fused-ring (bicyclic) bond motifs is 1. The van der Waals surface area contributed by atoms with E-state index >= 15 is 0 Å². The zero-order valence-electron chi connectivity index (χ0n) is 14.1. The summed E-state index contributed by atoms with van der Waals surface area (Å²) in [5.41, 5.74) is 1.16. The third kappa shape index (κ3) is 3.64. The predicted octanol–water partition coefficient (Wildman–Crippen LogP) is 3.08. The summed E-state index contributed by atoms with van der Waals surface area (Å²) in [4.78, 5) is 17.1. The summed E-state index contributed by atoms with van der Waals surface area (Å²) in [6.45, 7) is 1.83. The lowest BCUT2D eigenvalue weighted by atomic mass is 10.1. The summed E-state index contributed by atoms with van der Waals surface area (Å²) >= 11 is 0. The van der Waals surface area contributed by atoms with Crippen molar-refractivity contribution in [2.75, 3.05) is 7.11 Å². The fourth-order valence-electron chi connectivity index (χ4n) is 2.80. The van der Waals surface area contributed by atoms with Crippen LogP contribution in [-0.2, 0) is 0 Å². The van der Waals surface area contributed by atoms with Crippen molar-refractivity contribution in [3.8, 4) is 5.75 Å². The van der Waals surface area contributed by atoms with Gasteiger partial charge in [-0.15, -0.1) is 0 Å². The SMILES string of the molecule is COc1cnc2ccccc2c1C(=O)N[C@H](C)C[C@@H](O)c1ccco1. The first-order chi connectivity index (χ1) is 12.1. The van der Waals surface area contributed by atoms with E-state index < -0.39 is 6.10 Å². The van der Waals surface area contributed by atoms with Crippen LogP contribution in [0.2, 0.25) is 0 Å². The van der Waals surface area contributed by atoms with E-state index in [-0.39, 0.29) is 11.9 Å². The molecule has 0 saturated heterocycles. The summed E-state index contributed by atoms with van der Waals surface area (Å²) in [7, 11) is 1.51. The minimum absolute atomic E-state index is 0.260. The first kappa shape index (κ1) is 17.0. The Labute approximate surface area is 145 Å². The molecule has 2 N–H and O–H groups in total. The highest BCUT2D eigenvalue weighted by atomic mass is 16.5.